The van der Waals surface area contributed by atoms with E-state index in [0.717, 1.165) is 3.63 Å². The van der Waals surface area contributed by atoms with Crippen LogP contribution in [0.5, 0.6) is 0 Å². The summed E-state index contributed by atoms with van der Waals surface area (Å²) in [6, 6.07) is 9.10. The fraction of sp³-hybridized carbons (Fsp3) is 0.467. The van der Waals surface area contributed by atoms with E-state index >= 15 is 0 Å². The van der Waals surface area contributed by atoms with Gasteiger partial charge in [-0.2, -0.15) is 0 Å². The smallest absolute Gasteiger partial charge is 1.00 e. The van der Waals surface area contributed by atoms with E-state index < -0.39 is 0 Å². The SMILES string of the molecule is CCCCC1=Cc2ccccc2[CH]1[Zr+2][SiH](C)C.[Cl-].[Cl-]. The first kappa shape index (κ1) is 19.6. The second kappa shape index (κ2) is 9.55. The summed E-state index contributed by atoms with van der Waals surface area (Å²) < 4.78 is 0.924. The van der Waals surface area contributed by atoms with Crippen LogP contribution in [0, 0.1) is 0 Å². The maximum Gasteiger partial charge on any atom is -1.00 e. The second-order valence-corrected chi connectivity index (χ2v) is 20.2. The van der Waals surface area contributed by atoms with Gasteiger partial charge in [0, 0.05) is 0 Å². The molecular weight excluding hydrogens is 370 g/mol. The molecule has 0 N–H and O–H groups in total. The summed E-state index contributed by atoms with van der Waals surface area (Å²) in [5.74, 6) is -0.326. The molecule has 0 bridgehead atoms. The number of rotatable bonds is 5. The summed E-state index contributed by atoms with van der Waals surface area (Å²) in [5.41, 5.74) is 4.98. The number of benzene rings is 1. The number of allylic oxidation sites excluding steroid dienone is 1. The fourth-order valence-electron chi connectivity index (χ4n) is 2.52. The van der Waals surface area contributed by atoms with Crippen LogP contribution in [0.4, 0.5) is 0 Å². The van der Waals surface area contributed by atoms with Crippen molar-refractivity contribution in [2.24, 2.45) is 0 Å². The molecule has 1 atom stereocenters. The Bertz CT molecular complexity index is 418. The molecule has 1 aromatic rings. The van der Waals surface area contributed by atoms with Gasteiger partial charge < -0.3 is 24.8 Å². The summed E-state index contributed by atoms with van der Waals surface area (Å²) in [7, 11) is 0. The van der Waals surface area contributed by atoms with Crippen molar-refractivity contribution in [3.63, 3.8) is 0 Å². The molecule has 0 saturated heterocycles. The molecule has 2 rings (SSSR count). The Kier molecular flexibility index (Phi) is 9.88. The minimum Gasteiger partial charge on any atom is -1.00 e. The van der Waals surface area contributed by atoms with Gasteiger partial charge in [0.25, 0.3) is 0 Å². The van der Waals surface area contributed by atoms with Gasteiger partial charge in [-0.3, -0.25) is 0 Å². The van der Waals surface area contributed by atoms with Crippen LogP contribution in [-0.2, 0) is 22.4 Å². The molecule has 0 spiro atoms. The van der Waals surface area contributed by atoms with E-state index in [1.807, 2.05) is 0 Å². The maximum absolute atomic E-state index is 2.55. The third kappa shape index (κ3) is 5.16. The van der Waals surface area contributed by atoms with E-state index in [2.05, 4.69) is 50.4 Å². The van der Waals surface area contributed by atoms with Gasteiger partial charge in [0.05, 0.1) is 0 Å². The van der Waals surface area contributed by atoms with Gasteiger partial charge in [-0.05, 0) is 0 Å². The van der Waals surface area contributed by atoms with E-state index in [4.69, 9.17) is 0 Å². The number of fused-ring (bicyclic) bond motifs is 1. The van der Waals surface area contributed by atoms with Crippen LogP contribution in [-0.4, -0.2) is 5.92 Å². The third-order valence-corrected chi connectivity index (χ3v) is 13.4. The zero-order valence-corrected chi connectivity index (χ0v) is 17.0. The molecule has 0 fully saturated rings. The first-order chi connectivity index (χ1) is 8.22. The van der Waals surface area contributed by atoms with Gasteiger partial charge in [-0.15, -0.1) is 0 Å². The van der Waals surface area contributed by atoms with Crippen molar-refractivity contribution in [1.82, 2.24) is 0 Å². The predicted molar refractivity (Wildman–Crippen MR) is 75.6 cm³/mol. The second-order valence-electron chi connectivity index (χ2n) is 5.21. The van der Waals surface area contributed by atoms with Crippen molar-refractivity contribution in [2.45, 2.75) is 42.9 Å². The van der Waals surface area contributed by atoms with Gasteiger partial charge in [0.2, 0.25) is 0 Å². The molecule has 4 heteroatoms. The van der Waals surface area contributed by atoms with Crippen LogP contribution in [0.2, 0.25) is 13.1 Å². The Morgan fingerprint density at radius 1 is 1.16 bits per heavy atom. The molecule has 1 aliphatic rings. The normalized spacial score (nSPS) is 16.0. The molecule has 0 radical (unpaired) electrons. The van der Waals surface area contributed by atoms with Crippen molar-refractivity contribution >= 4 is 12.0 Å². The minimum atomic E-state index is -0.326. The Labute approximate surface area is 142 Å². The van der Waals surface area contributed by atoms with E-state index in [0.29, 0.717) is 0 Å². The van der Waals surface area contributed by atoms with Crippen molar-refractivity contribution in [1.29, 1.82) is 0 Å². The molecule has 0 aromatic heterocycles. The van der Waals surface area contributed by atoms with E-state index in [-0.39, 0.29) is 53.1 Å². The van der Waals surface area contributed by atoms with E-state index in [1.165, 1.54) is 24.8 Å². The topological polar surface area (TPSA) is 0 Å². The van der Waals surface area contributed by atoms with Crippen LogP contribution >= 0.6 is 0 Å². The first-order valence-corrected chi connectivity index (χ1v) is 15.3. The Morgan fingerprint density at radius 3 is 2.47 bits per heavy atom. The van der Waals surface area contributed by atoms with Gasteiger partial charge in [-0.25, -0.2) is 0 Å². The Morgan fingerprint density at radius 2 is 1.84 bits per heavy atom. The summed E-state index contributed by atoms with van der Waals surface area (Å²) in [6.45, 7) is 7.39. The molecule has 0 amide bonds. The summed E-state index contributed by atoms with van der Waals surface area (Å²) in [6.07, 6.45) is 6.55. The number of hydrogen-bond acceptors (Lipinski definition) is 0. The zero-order valence-electron chi connectivity index (χ0n) is 11.9. The van der Waals surface area contributed by atoms with Crippen LogP contribution in [0.25, 0.3) is 6.08 Å². The van der Waals surface area contributed by atoms with Crippen LogP contribution in [0.3, 0.4) is 0 Å². The van der Waals surface area contributed by atoms with Crippen molar-refractivity contribution < 1.29 is 47.2 Å². The molecule has 0 aliphatic heterocycles. The predicted octanol–water partition coefficient (Wildman–Crippen LogP) is -1.61. The van der Waals surface area contributed by atoms with Crippen molar-refractivity contribution in [3.8, 4) is 0 Å². The molecule has 1 unspecified atom stereocenters. The molecule has 104 valence electrons. The van der Waals surface area contributed by atoms with Gasteiger partial charge in [0.15, 0.2) is 0 Å². The fourth-order valence-corrected chi connectivity index (χ4v) is 12.6. The van der Waals surface area contributed by atoms with Crippen LogP contribution < -0.4 is 24.8 Å². The Balaban J connectivity index is 0.00000162. The standard InChI is InChI=1S/C13H15.C2H7Si.2ClH.Zr/c1-2-3-6-11-9-12-7-4-5-8-13(12)10-11;1-3-2;;;/h4-5,7-10H,2-3,6H2,1H3;3H,1-2H3;2*1H;/q;;;;+2/p-2. The van der Waals surface area contributed by atoms with Gasteiger partial charge in [-0.1, -0.05) is 0 Å². The monoisotopic (exact) mass is 390 g/mol. The summed E-state index contributed by atoms with van der Waals surface area (Å²) in [4.78, 5) is 0. The van der Waals surface area contributed by atoms with Crippen LogP contribution in [0.1, 0.15) is 40.9 Å². The molecule has 1 aromatic carbocycles. The zero-order chi connectivity index (χ0) is 12.3. The van der Waals surface area contributed by atoms with Crippen molar-refractivity contribution in [2.75, 3.05) is 0 Å². The third-order valence-electron chi connectivity index (χ3n) is 3.34. The first-order valence-electron chi connectivity index (χ1n) is 6.77. The molecule has 0 saturated carbocycles. The Hall–Kier alpha value is 0.640. The number of hydrogen-bond donors (Lipinski definition) is 0. The number of halogens is 2. The van der Waals surface area contributed by atoms with Gasteiger partial charge >= 0.3 is 118 Å². The molecule has 0 nitrogen and oxygen atoms in total. The molecule has 0 heterocycles. The van der Waals surface area contributed by atoms with Crippen LogP contribution in [0.15, 0.2) is 29.8 Å². The average molecular weight is 393 g/mol. The molecular formula is C15H22Cl2SiZr. The molecule has 1 aliphatic carbocycles. The van der Waals surface area contributed by atoms with Gasteiger partial charge in [0.1, 0.15) is 0 Å². The summed E-state index contributed by atoms with van der Waals surface area (Å²) in [5, 5.41) is 0. The number of unbranched alkanes of at least 4 members (excludes halogenated alkanes) is 1. The van der Waals surface area contributed by atoms with Crippen molar-refractivity contribution in [3.05, 3.63) is 41.0 Å². The van der Waals surface area contributed by atoms with E-state index in [9.17, 15) is 0 Å². The maximum atomic E-state index is 2.55. The average Bonchev–Trinajstić information content (AvgIpc) is 2.64. The van der Waals surface area contributed by atoms with E-state index in [1.54, 1.807) is 11.1 Å². The minimum absolute atomic E-state index is 0. The largest absolute Gasteiger partial charge is 1.00 e. The molecule has 19 heavy (non-hydrogen) atoms. The quantitative estimate of drug-likeness (QED) is 0.529. The summed E-state index contributed by atoms with van der Waals surface area (Å²) >= 11 is -0.188.